The molecule has 0 heterocycles. The molecule has 0 spiro atoms. The average molecular weight is 300 g/mol. The van der Waals surface area contributed by atoms with Gasteiger partial charge in [0, 0.05) is 26.2 Å². The molecular formula is C15H29N2O2P. The highest BCUT2D eigenvalue weighted by atomic mass is 31.2. The Morgan fingerprint density at radius 3 is 2.05 bits per heavy atom. The van der Waals surface area contributed by atoms with Crippen LogP contribution in [0.4, 0.5) is 0 Å². The Kier molecular flexibility index (Phi) is 7.01. The van der Waals surface area contributed by atoms with Crippen LogP contribution in [0.25, 0.3) is 0 Å². The predicted octanol–water partition coefficient (Wildman–Crippen LogP) is 3.72. The molecule has 1 atom stereocenters. The van der Waals surface area contributed by atoms with Gasteiger partial charge in [0.15, 0.2) is 0 Å². The highest BCUT2D eigenvalue weighted by Crippen LogP contribution is 2.60. The summed E-state index contributed by atoms with van der Waals surface area (Å²) in [5.74, 6) is 0.842. The normalized spacial score (nSPS) is 19.6. The van der Waals surface area contributed by atoms with Crippen LogP contribution in [0.15, 0.2) is 24.0 Å². The second-order valence-corrected chi connectivity index (χ2v) is 7.65. The molecule has 0 N–H and O–H groups in total. The van der Waals surface area contributed by atoms with E-state index in [1.165, 1.54) is 0 Å². The number of nitrogens with zero attached hydrogens (tertiary/aromatic N) is 2. The lowest BCUT2D eigenvalue weighted by Crippen LogP contribution is -2.38. The minimum Gasteiger partial charge on any atom is -0.500 e. The summed E-state index contributed by atoms with van der Waals surface area (Å²) in [5.41, 5.74) is -0.152. The van der Waals surface area contributed by atoms with Gasteiger partial charge < -0.3 is 4.74 Å². The van der Waals surface area contributed by atoms with Crippen LogP contribution in [0.5, 0.6) is 0 Å². The van der Waals surface area contributed by atoms with E-state index in [0.29, 0.717) is 0 Å². The summed E-state index contributed by atoms with van der Waals surface area (Å²) in [6, 6.07) is 0. The fourth-order valence-corrected chi connectivity index (χ4v) is 6.45. The topological polar surface area (TPSA) is 32.8 Å². The Balaban J connectivity index is 3.29. The number of hydrogen-bond acceptors (Lipinski definition) is 2. The standard InChI is InChI=1S/C15H29N2O2P/c1-6-16(7-2)20(18,17(8-3)9-4)15-13-11-10-12-14(15)19-5/h11-13,15H,6-10H2,1-5H3. The number of allylic oxidation sites excluding steroid dienone is 3. The maximum atomic E-state index is 13.9. The molecular weight excluding hydrogens is 271 g/mol. The molecule has 1 unspecified atom stereocenters. The molecule has 116 valence electrons. The van der Waals surface area contributed by atoms with Crippen LogP contribution in [-0.2, 0) is 9.30 Å². The van der Waals surface area contributed by atoms with Gasteiger partial charge in [0.2, 0.25) is 7.44 Å². The first-order valence-electron chi connectivity index (χ1n) is 7.61. The lowest BCUT2D eigenvalue weighted by atomic mass is 10.2. The van der Waals surface area contributed by atoms with Gasteiger partial charge in [-0.05, 0) is 12.5 Å². The van der Waals surface area contributed by atoms with Gasteiger partial charge in [0.25, 0.3) is 0 Å². The molecule has 0 bridgehead atoms. The molecule has 0 radical (unpaired) electrons. The van der Waals surface area contributed by atoms with Crippen LogP contribution >= 0.6 is 7.44 Å². The summed E-state index contributed by atoms with van der Waals surface area (Å²) >= 11 is 0. The Morgan fingerprint density at radius 2 is 1.65 bits per heavy atom. The largest absolute Gasteiger partial charge is 0.500 e. The lowest BCUT2D eigenvalue weighted by Gasteiger charge is -2.42. The van der Waals surface area contributed by atoms with Gasteiger partial charge in [-0.3, -0.25) is 4.57 Å². The monoisotopic (exact) mass is 300 g/mol. The predicted molar refractivity (Wildman–Crippen MR) is 86.1 cm³/mol. The first kappa shape index (κ1) is 17.5. The van der Waals surface area contributed by atoms with E-state index in [9.17, 15) is 4.57 Å². The molecule has 0 aromatic rings. The Labute approximate surface area is 123 Å². The van der Waals surface area contributed by atoms with Crippen molar-refractivity contribution < 1.29 is 9.30 Å². The number of hydrogen-bond donors (Lipinski definition) is 0. The van der Waals surface area contributed by atoms with E-state index in [0.717, 1.165) is 38.4 Å². The van der Waals surface area contributed by atoms with Crippen molar-refractivity contribution in [2.24, 2.45) is 0 Å². The van der Waals surface area contributed by atoms with Crippen LogP contribution in [0.1, 0.15) is 34.1 Å². The maximum Gasteiger partial charge on any atom is 0.230 e. The molecule has 4 nitrogen and oxygen atoms in total. The van der Waals surface area contributed by atoms with Crippen LogP contribution in [-0.4, -0.2) is 48.3 Å². The maximum absolute atomic E-state index is 13.9. The quantitative estimate of drug-likeness (QED) is 0.505. The molecule has 0 saturated carbocycles. The minimum atomic E-state index is -2.70. The fourth-order valence-electron chi connectivity index (χ4n) is 2.88. The van der Waals surface area contributed by atoms with Crippen molar-refractivity contribution in [3.05, 3.63) is 24.0 Å². The zero-order chi connectivity index (χ0) is 15.2. The van der Waals surface area contributed by atoms with E-state index in [1.54, 1.807) is 7.11 Å². The summed E-state index contributed by atoms with van der Waals surface area (Å²) in [5, 5.41) is 0. The van der Waals surface area contributed by atoms with Crippen LogP contribution in [0.2, 0.25) is 0 Å². The van der Waals surface area contributed by atoms with Gasteiger partial charge in [-0.1, -0.05) is 39.8 Å². The number of ether oxygens (including phenoxy) is 1. The number of rotatable bonds is 8. The van der Waals surface area contributed by atoms with E-state index < -0.39 is 7.44 Å². The molecule has 1 aliphatic carbocycles. The third-order valence-corrected chi connectivity index (χ3v) is 7.84. The average Bonchev–Trinajstić information content (AvgIpc) is 2.49. The summed E-state index contributed by atoms with van der Waals surface area (Å²) in [7, 11) is -1.03. The fraction of sp³-hybridized carbons (Fsp3) is 0.733. The molecule has 5 heteroatoms. The van der Waals surface area contributed by atoms with Crippen molar-refractivity contribution >= 4 is 7.44 Å². The third kappa shape index (κ3) is 3.19. The van der Waals surface area contributed by atoms with Crippen LogP contribution in [0, 0.1) is 0 Å². The lowest BCUT2D eigenvalue weighted by molar-refractivity contribution is 0.272. The van der Waals surface area contributed by atoms with E-state index in [4.69, 9.17) is 4.74 Å². The Hall–Kier alpha value is -0.570. The highest BCUT2D eigenvalue weighted by Gasteiger charge is 2.43. The Bertz CT molecular complexity index is 383. The molecule has 0 saturated heterocycles. The van der Waals surface area contributed by atoms with Crippen molar-refractivity contribution in [1.29, 1.82) is 0 Å². The molecule has 1 rings (SSSR count). The first-order chi connectivity index (χ1) is 9.59. The van der Waals surface area contributed by atoms with E-state index in [2.05, 4.69) is 49.2 Å². The summed E-state index contributed by atoms with van der Waals surface area (Å²) in [6.07, 6.45) is 7.06. The molecule has 0 fully saturated rings. The third-order valence-electron chi connectivity index (χ3n) is 3.93. The van der Waals surface area contributed by atoms with Gasteiger partial charge in [0.05, 0.1) is 7.11 Å². The minimum absolute atomic E-state index is 0.152. The summed E-state index contributed by atoms with van der Waals surface area (Å²) < 4.78 is 23.7. The van der Waals surface area contributed by atoms with E-state index in [1.807, 2.05) is 6.08 Å². The highest BCUT2D eigenvalue weighted by molar-refractivity contribution is 7.60. The molecule has 0 amide bonds. The van der Waals surface area contributed by atoms with E-state index >= 15 is 0 Å². The number of methoxy groups -OCH3 is 1. The van der Waals surface area contributed by atoms with Crippen molar-refractivity contribution in [3.63, 3.8) is 0 Å². The zero-order valence-electron chi connectivity index (χ0n) is 13.5. The first-order valence-corrected chi connectivity index (χ1v) is 9.29. The van der Waals surface area contributed by atoms with Gasteiger partial charge >= 0.3 is 0 Å². The van der Waals surface area contributed by atoms with Gasteiger partial charge in [0.1, 0.15) is 11.4 Å². The van der Waals surface area contributed by atoms with E-state index in [-0.39, 0.29) is 5.66 Å². The second-order valence-electron chi connectivity index (χ2n) is 4.79. The molecule has 0 aromatic heterocycles. The smallest absolute Gasteiger partial charge is 0.230 e. The summed E-state index contributed by atoms with van der Waals surface area (Å²) in [4.78, 5) is 0. The SMILES string of the molecule is CCN(CC)P(=O)(C1C=CCC=C1OC)N(CC)CC. The van der Waals surface area contributed by atoms with Crippen LogP contribution in [0.3, 0.4) is 0 Å². The van der Waals surface area contributed by atoms with Crippen molar-refractivity contribution in [1.82, 2.24) is 9.34 Å². The molecule has 20 heavy (non-hydrogen) atoms. The molecule has 0 aliphatic heterocycles. The zero-order valence-corrected chi connectivity index (χ0v) is 14.4. The molecule has 0 aromatic carbocycles. The van der Waals surface area contributed by atoms with Crippen LogP contribution < -0.4 is 0 Å². The van der Waals surface area contributed by atoms with Crippen molar-refractivity contribution in [2.45, 2.75) is 39.8 Å². The summed E-state index contributed by atoms with van der Waals surface area (Å²) in [6.45, 7) is 11.4. The van der Waals surface area contributed by atoms with Crippen molar-refractivity contribution in [3.8, 4) is 0 Å². The van der Waals surface area contributed by atoms with Gasteiger partial charge in [-0.15, -0.1) is 0 Å². The molecule has 1 aliphatic rings. The van der Waals surface area contributed by atoms with Gasteiger partial charge in [-0.2, -0.15) is 0 Å². The Morgan fingerprint density at radius 1 is 1.15 bits per heavy atom. The van der Waals surface area contributed by atoms with Gasteiger partial charge in [-0.25, -0.2) is 9.34 Å². The second kappa shape index (κ2) is 8.02. The van der Waals surface area contributed by atoms with Crippen molar-refractivity contribution in [2.75, 3.05) is 33.3 Å².